The average Bonchev–Trinajstić information content (AvgIpc) is 2.82. The summed E-state index contributed by atoms with van der Waals surface area (Å²) in [5.74, 6) is 0. The van der Waals surface area contributed by atoms with Crippen molar-refractivity contribution in [3.63, 3.8) is 0 Å². The number of aryl methyl sites for hydroxylation is 1. The molecule has 0 radical (unpaired) electrons. The first kappa shape index (κ1) is 8.61. The van der Waals surface area contributed by atoms with E-state index in [4.69, 9.17) is 0 Å². The van der Waals surface area contributed by atoms with Gasteiger partial charge in [-0.3, -0.25) is 4.68 Å². The number of benzene rings is 1. The summed E-state index contributed by atoms with van der Waals surface area (Å²) in [6.45, 7) is 0. The van der Waals surface area contributed by atoms with Crippen LogP contribution >= 0.6 is 11.3 Å². The monoisotopic (exact) mass is 215 g/mol. The van der Waals surface area contributed by atoms with Crippen LogP contribution in [0.3, 0.4) is 0 Å². The van der Waals surface area contributed by atoms with Crippen molar-refractivity contribution in [3.8, 4) is 10.6 Å². The normalized spacial score (nSPS) is 11.0. The molecule has 0 aliphatic heterocycles. The third kappa shape index (κ3) is 1.43. The van der Waals surface area contributed by atoms with Crippen LogP contribution in [0, 0.1) is 0 Å². The maximum Gasteiger partial charge on any atom is 0.127 e. The molecule has 1 aromatic carbocycles. The van der Waals surface area contributed by atoms with Crippen LogP contribution in [0.2, 0.25) is 0 Å². The van der Waals surface area contributed by atoms with Gasteiger partial charge in [-0.05, 0) is 12.1 Å². The van der Waals surface area contributed by atoms with Gasteiger partial charge < -0.3 is 0 Å². The molecule has 0 fully saturated rings. The molecule has 2 heterocycles. The second-order valence-corrected chi connectivity index (χ2v) is 4.42. The van der Waals surface area contributed by atoms with Gasteiger partial charge in [0.05, 0.1) is 16.4 Å². The number of para-hydroxylation sites is 1. The average molecular weight is 215 g/mol. The Bertz CT molecular complexity index is 576. The van der Waals surface area contributed by atoms with Gasteiger partial charge in [-0.25, -0.2) is 4.98 Å². The molecule has 74 valence electrons. The van der Waals surface area contributed by atoms with Crippen LogP contribution in [-0.2, 0) is 7.05 Å². The van der Waals surface area contributed by atoms with Crippen LogP contribution in [0.5, 0.6) is 0 Å². The predicted molar refractivity (Wildman–Crippen MR) is 61.8 cm³/mol. The van der Waals surface area contributed by atoms with E-state index in [1.54, 1.807) is 16.0 Å². The number of hydrogen-bond donors (Lipinski definition) is 0. The zero-order valence-corrected chi connectivity index (χ0v) is 9.03. The van der Waals surface area contributed by atoms with E-state index in [-0.39, 0.29) is 0 Å². The molecule has 3 rings (SSSR count). The predicted octanol–water partition coefficient (Wildman–Crippen LogP) is 2.70. The summed E-state index contributed by atoms with van der Waals surface area (Å²) in [4.78, 5) is 4.56. The Morgan fingerprint density at radius 3 is 2.87 bits per heavy atom. The Morgan fingerprint density at radius 1 is 1.27 bits per heavy atom. The van der Waals surface area contributed by atoms with Gasteiger partial charge in [0, 0.05) is 18.8 Å². The summed E-state index contributed by atoms with van der Waals surface area (Å²) in [5, 5.41) is 5.18. The molecule has 4 heteroatoms. The molecule has 0 amide bonds. The number of rotatable bonds is 1. The Balaban J connectivity index is 2.19. The molecule has 0 saturated carbocycles. The Morgan fingerprint density at radius 2 is 2.13 bits per heavy atom. The fourth-order valence-corrected chi connectivity index (χ4v) is 2.47. The highest BCUT2D eigenvalue weighted by Gasteiger charge is 2.06. The molecule has 0 atom stereocenters. The Hall–Kier alpha value is -1.68. The van der Waals surface area contributed by atoms with E-state index in [1.165, 1.54) is 4.70 Å². The van der Waals surface area contributed by atoms with Crippen LogP contribution in [0.1, 0.15) is 0 Å². The second kappa shape index (κ2) is 3.17. The van der Waals surface area contributed by atoms with Crippen molar-refractivity contribution in [2.75, 3.05) is 0 Å². The van der Waals surface area contributed by atoms with Gasteiger partial charge in [0.2, 0.25) is 0 Å². The van der Waals surface area contributed by atoms with Gasteiger partial charge >= 0.3 is 0 Å². The third-order valence-corrected chi connectivity index (χ3v) is 3.33. The standard InChI is InChI=1S/C11H9N3S/c1-14-7-8(6-12-14)11-13-9-4-2-3-5-10(9)15-11/h2-7H,1H3. The lowest BCUT2D eigenvalue weighted by Crippen LogP contribution is -1.83. The van der Waals surface area contributed by atoms with E-state index in [2.05, 4.69) is 16.1 Å². The van der Waals surface area contributed by atoms with Gasteiger partial charge in [0.15, 0.2) is 0 Å². The molecule has 0 saturated heterocycles. The highest BCUT2D eigenvalue weighted by Crippen LogP contribution is 2.29. The van der Waals surface area contributed by atoms with Crippen molar-refractivity contribution in [1.29, 1.82) is 0 Å². The molecule has 0 aliphatic rings. The molecule has 0 bridgehead atoms. The first-order valence-corrected chi connectivity index (χ1v) is 5.49. The molecule has 3 aromatic rings. The molecular formula is C11H9N3S. The largest absolute Gasteiger partial charge is 0.275 e. The van der Waals surface area contributed by atoms with Crippen LogP contribution < -0.4 is 0 Å². The minimum atomic E-state index is 1.03. The van der Waals surface area contributed by atoms with Crippen LogP contribution in [0.4, 0.5) is 0 Å². The van der Waals surface area contributed by atoms with E-state index in [0.29, 0.717) is 0 Å². The van der Waals surface area contributed by atoms with Crippen molar-refractivity contribution >= 4 is 21.6 Å². The van der Waals surface area contributed by atoms with Crippen LogP contribution in [0.25, 0.3) is 20.8 Å². The lowest BCUT2D eigenvalue weighted by molar-refractivity contribution is 0.768. The zero-order valence-electron chi connectivity index (χ0n) is 8.21. The molecule has 0 spiro atoms. The highest BCUT2D eigenvalue weighted by atomic mass is 32.1. The number of aromatic nitrogens is 3. The summed E-state index contributed by atoms with van der Waals surface area (Å²) in [5.41, 5.74) is 2.14. The van der Waals surface area contributed by atoms with Gasteiger partial charge in [-0.15, -0.1) is 11.3 Å². The van der Waals surface area contributed by atoms with E-state index in [1.807, 2.05) is 37.6 Å². The number of hydrogen-bond acceptors (Lipinski definition) is 3. The van der Waals surface area contributed by atoms with Crippen molar-refractivity contribution in [3.05, 3.63) is 36.7 Å². The molecule has 3 nitrogen and oxygen atoms in total. The maximum absolute atomic E-state index is 4.56. The highest BCUT2D eigenvalue weighted by molar-refractivity contribution is 7.21. The van der Waals surface area contributed by atoms with Crippen molar-refractivity contribution in [1.82, 2.24) is 14.8 Å². The second-order valence-electron chi connectivity index (χ2n) is 3.39. The minimum absolute atomic E-state index is 1.03. The van der Waals surface area contributed by atoms with E-state index in [9.17, 15) is 0 Å². The Labute approximate surface area is 91.0 Å². The van der Waals surface area contributed by atoms with Gasteiger partial charge in [0.1, 0.15) is 5.01 Å². The number of nitrogens with zero attached hydrogens (tertiary/aromatic N) is 3. The summed E-state index contributed by atoms with van der Waals surface area (Å²) >= 11 is 1.70. The number of fused-ring (bicyclic) bond motifs is 1. The van der Waals surface area contributed by atoms with Crippen molar-refractivity contribution < 1.29 is 0 Å². The number of thiazole rings is 1. The summed E-state index contributed by atoms with van der Waals surface area (Å²) in [6.07, 6.45) is 3.83. The Kier molecular flexibility index (Phi) is 1.82. The molecule has 0 unspecified atom stereocenters. The lowest BCUT2D eigenvalue weighted by Gasteiger charge is -1.85. The zero-order chi connectivity index (χ0) is 10.3. The molecular weight excluding hydrogens is 206 g/mol. The van der Waals surface area contributed by atoms with E-state index < -0.39 is 0 Å². The van der Waals surface area contributed by atoms with Gasteiger partial charge in [-0.2, -0.15) is 5.10 Å². The SMILES string of the molecule is Cn1cc(-c2nc3ccccc3s2)cn1. The molecule has 15 heavy (non-hydrogen) atoms. The van der Waals surface area contributed by atoms with Crippen molar-refractivity contribution in [2.45, 2.75) is 0 Å². The fraction of sp³-hybridized carbons (Fsp3) is 0.0909. The minimum Gasteiger partial charge on any atom is -0.275 e. The van der Waals surface area contributed by atoms with Gasteiger partial charge in [0.25, 0.3) is 0 Å². The maximum atomic E-state index is 4.56. The molecule has 0 aliphatic carbocycles. The molecule has 2 aromatic heterocycles. The lowest BCUT2D eigenvalue weighted by atomic mass is 10.3. The first-order chi connectivity index (χ1) is 7.33. The van der Waals surface area contributed by atoms with Crippen LogP contribution in [-0.4, -0.2) is 14.8 Å². The van der Waals surface area contributed by atoms with Crippen LogP contribution in [0.15, 0.2) is 36.7 Å². The smallest absolute Gasteiger partial charge is 0.127 e. The first-order valence-electron chi connectivity index (χ1n) is 4.67. The van der Waals surface area contributed by atoms with E-state index >= 15 is 0 Å². The van der Waals surface area contributed by atoms with Crippen molar-refractivity contribution in [2.24, 2.45) is 7.05 Å². The quantitative estimate of drug-likeness (QED) is 0.625. The fourth-order valence-electron chi connectivity index (χ4n) is 1.53. The summed E-state index contributed by atoms with van der Waals surface area (Å²) < 4.78 is 3.01. The van der Waals surface area contributed by atoms with Gasteiger partial charge in [-0.1, -0.05) is 12.1 Å². The third-order valence-electron chi connectivity index (χ3n) is 2.25. The summed E-state index contributed by atoms with van der Waals surface area (Å²) in [6, 6.07) is 8.17. The molecule has 0 N–H and O–H groups in total. The van der Waals surface area contributed by atoms with E-state index in [0.717, 1.165) is 16.1 Å². The topological polar surface area (TPSA) is 30.7 Å². The summed E-state index contributed by atoms with van der Waals surface area (Å²) in [7, 11) is 1.91.